The summed E-state index contributed by atoms with van der Waals surface area (Å²) < 4.78 is 1.80. The third kappa shape index (κ3) is 3.25. The molecule has 2 heterocycles. The highest BCUT2D eigenvalue weighted by molar-refractivity contribution is 5.22. The molecule has 0 radical (unpaired) electrons. The predicted molar refractivity (Wildman–Crippen MR) is 64.8 cm³/mol. The first-order valence-corrected chi connectivity index (χ1v) is 5.36. The molecular formula is C11H16N6. The number of hydrogen-bond donors (Lipinski definition) is 1. The van der Waals surface area contributed by atoms with Gasteiger partial charge < -0.3 is 5.73 Å². The van der Waals surface area contributed by atoms with Crippen molar-refractivity contribution in [3.8, 4) is 0 Å². The standard InChI is InChI=1S/C11H16N6/c1-16(6-9-3-15-17(2)7-9)8-10-4-14-11(12)5-13-10/h3-5,7H,6,8H2,1-2H3,(H2,12,14). The molecule has 6 nitrogen and oxygen atoms in total. The van der Waals surface area contributed by atoms with Crippen LogP contribution in [0.4, 0.5) is 5.82 Å². The SMILES string of the molecule is CN(Cc1cnn(C)c1)Cc1cnc(N)cn1. The summed E-state index contributed by atoms with van der Waals surface area (Å²) in [5.41, 5.74) is 7.57. The molecule has 0 saturated heterocycles. The minimum absolute atomic E-state index is 0.448. The van der Waals surface area contributed by atoms with Crippen LogP contribution < -0.4 is 5.73 Å². The maximum absolute atomic E-state index is 5.49. The molecule has 90 valence electrons. The van der Waals surface area contributed by atoms with Gasteiger partial charge in [0.25, 0.3) is 0 Å². The summed E-state index contributed by atoms with van der Waals surface area (Å²) in [6.07, 6.45) is 7.15. The number of aromatic nitrogens is 4. The second-order valence-electron chi connectivity index (χ2n) is 4.13. The summed E-state index contributed by atoms with van der Waals surface area (Å²) >= 11 is 0. The summed E-state index contributed by atoms with van der Waals surface area (Å²) in [5.74, 6) is 0.448. The lowest BCUT2D eigenvalue weighted by Gasteiger charge is -2.14. The van der Waals surface area contributed by atoms with E-state index in [4.69, 9.17) is 5.73 Å². The number of nitrogens with two attached hydrogens (primary N) is 1. The molecule has 2 aromatic heterocycles. The van der Waals surface area contributed by atoms with Crippen LogP contribution in [0.3, 0.4) is 0 Å². The van der Waals surface area contributed by atoms with E-state index in [0.29, 0.717) is 5.82 Å². The Balaban J connectivity index is 1.93. The number of hydrogen-bond acceptors (Lipinski definition) is 5. The van der Waals surface area contributed by atoms with Gasteiger partial charge in [-0.15, -0.1) is 0 Å². The summed E-state index contributed by atoms with van der Waals surface area (Å²) in [6.45, 7) is 1.57. The number of nitrogens with zero attached hydrogens (tertiary/aromatic N) is 5. The van der Waals surface area contributed by atoms with Gasteiger partial charge in [0.15, 0.2) is 0 Å². The van der Waals surface area contributed by atoms with Crippen molar-refractivity contribution in [3.63, 3.8) is 0 Å². The van der Waals surface area contributed by atoms with Crippen LogP contribution in [0.1, 0.15) is 11.3 Å². The molecule has 0 atom stereocenters. The number of nitrogen functional groups attached to an aromatic ring is 1. The molecule has 0 aliphatic heterocycles. The van der Waals surface area contributed by atoms with Crippen LogP contribution in [-0.4, -0.2) is 31.7 Å². The molecule has 0 aromatic carbocycles. The normalized spacial score (nSPS) is 11.0. The molecule has 17 heavy (non-hydrogen) atoms. The van der Waals surface area contributed by atoms with E-state index in [-0.39, 0.29) is 0 Å². The largest absolute Gasteiger partial charge is 0.382 e. The minimum Gasteiger partial charge on any atom is -0.382 e. The van der Waals surface area contributed by atoms with Crippen molar-refractivity contribution >= 4 is 5.82 Å². The summed E-state index contributed by atoms with van der Waals surface area (Å²) in [5, 5.41) is 4.13. The van der Waals surface area contributed by atoms with E-state index in [1.54, 1.807) is 17.1 Å². The first-order chi connectivity index (χ1) is 8.13. The maximum Gasteiger partial charge on any atom is 0.141 e. The highest BCUT2D eigenvalue weighted by Gasteiger charge is 2.04. The number of aryl methyl sites for hydroxylation is 1. The smallest absolute Gasteiger partial charge is 0.141 e. The molecule has 0 unspecified atom stereocenters. The zero-order valence-corrected chi connectivity index (χ0v) is 10.0. The molecule has 6 heteroatoms. The monoisotopic (exact) mass is 232 g/mol. The summed E-state index contributed by atoms with van der Waals surface area (Å²) in [6, 6.07) is 0. The van der Waals surface area contributed by atoms with Gasteiger partial charge in [-0.25, -0.2) is 4.98 Å². The fourth-order valence-corrected chi connectivity index (χ4v) is 1.64. The Morgan fingerprint density at radius 3 is 2.65 bits per heavy atom. The second-order valence-corrected chi connectivity index (χ2v) is 4.13. The number of rotatable bonds is 4. The van der Waals surface area contributed by atoms with Crippen molar-refractivity contribution in [3.05, 3.63) is 36.0 Å². The van der Waals surface area contributed by atoms with E-state index in [2.05, 4.69) is 20.0 Å². The molecule has 0 saturated carbocycles. The van der Waals surface area contributed by atoms with Crippen LogP contribution in [0.25, 0.3) is 0 Å². The zero-order chi connectivity index (χ0) is 12.3. The molecule has 0 spiro atoms. The summed E-state index contributed by atoms with van der Waals surface area (Å²) in [4.78, 5) is 10.4. The van der Waals surface area contributed by atoms with Gasteiger partial charge in [0.05, 0.1) is 24.3 Å². The van der Waals surface area contributed by atoms with Crippen molar-refractivity contribution < 1.29 is 0 Å². The highest BCUT2D eigenvalue weighted by Crippen LogP contribution is 2.05. The molecule has 2 aromatic rings. The predicted octanol–water partition coefficient (Wildman–Crippen LogP) is 0.424. The van der Waals surface area contributed by atoms with Gasteiger partial charge in [-0.05, 0) is 7.05 Å². The van der Waals surface area contributed by atoms with E-state index >= 15 is 0 Å². The first kappa shape index (κ1) is 11.5. The quantitative estimate of drug-likeness (QED) is 0.827. The first-order valence-electron chi connectivity index (χ1n) is 5.36. The molecule has 0 bridgehead atoms. The van der Waals surface area contributed by atoms with Crippen LogP contribution in [0.15, 0.2) is 24.8 Å². The third-order valence-corrected chi connectivity index (χ3v) is 2.37. The van der Waals surface area contributed by atoms with Crippen LogP contribution in [0, 0.1) is 0 Å². The van der Waals surface area contributed by atoms with E-state index in [9.17, 15) is 0 Å². The lowest BCUT2D eigenvalue weighted by atomic mass is 10.3. The lowest BCUT2D eigenvalue weighted by Crippen LogP contribution is -2.18. The zero-order valence-electron chi connectivity index (χ0n) is 10.0. The van der Waals surface area contributed by atoms with Gasteiger partial charge >= 0.3 is 0 Å². The Morgan fingerprint density at radius 2 is 2.06 bits per heavy atom. The minimum atomic E-state index is 0.448. The average molecular weight is 232 g/mol. The van der Waals surface area contributed by atoms with Gasteiger partial charge in [0.1, 0.15) is 5.82 Å². The summed E-state index contributed by atoms with van der Waals surface area (Å²) in [7, 11) is 3.94. The van der Waals surface area contributed by atoms with Crippen LogP contribution in [-0.2, 0) is 20.1 Å². The molecule has 0 aliphatic rings. The molecule has 2 N–H and O–H groups in total. The van der Waals surface area contributed by atoms with Crippen molar-refractivity contribution in [2.24, 2.45) is 7.05 Å². The van der Waals surface area contributed by atoms with Gasteiger partial charge in [-0.2, -0.15) is 5.10 Å². The van der Waals surface area contributed by atoms with Crippen LogP contribution >= 0.6 is 0 Å². The molecule has 0 amide bonds. The molecule has 0 fully saturated rings. The van der Waals surface area contributed by atoms with Crippen molar-refractivity contribution in [2.45, 2.75) is 13.1 Å². The third-order valence-electron chi connectivity index (χ3n) is 2.37. The van der Waals surface area contributed by atoms with Crippen molar-refractivity contribution in [1.82, 2.24) is 24.6 Å². The maximum atomic E-state index is 5.49. The van der Waals surface area contributed by atoms with Gasteiger partial charge in [0.2, 0.25) is 0 Å². The Kier molecular flexibility index (Phi) is 3.34. The van der Waals surface area contributed by atoms with E-state index in [1.807, 2.05) is 26.5 Å². The molecule has 0 aliphatic carbocycles. The highest BCUT2D eigenvalue weighted by atomic mass is 15.2. The van der Waals surface area contributed by atoms with Crippen molar-refractivity contribution in [2.75, 3.05) is 12.8 Å². The average Bonchev–Trinajstić information content (AvgIpc) is 2.67. The Bertz CT molecular complexity index is 475. The Labute approximate surface area is 100 Å². The van der Waals surface area contributed by atoms with E-state index < -0.39 is 0 Å². The lowest BCUT2D eigenvalue weighted by molar-refractivity contribution is 0.314. The van der Waals surface area contributed by atoms with Crippen LogP contribution in [0.2, 0.25) is 0 Å². The van der Waals surface area contributed by atoms with Crippen LogP contribution in [0.5, 0.6) is 0 Å². The fraction of sp³-hybridized carbons (Fsp3) is 0.364. The van der Waals surface area contributed by atoms with E-state index in [0.717, 1.165) is 18.8 Å². The topological polar surface area (TPSA) is 72.9 Å². The molecular weight excluding hydrogens is 216 g/mol. The van der Waals surface area contributed by atoms with Gasteiger partial charge in [-0.3, -0.25) is 14.6 Å². The Hall–Kier alpha value is -1.95. The van der Waals surface area contributed by atoms with Gasteiger partial charge in [-0.1, -0.05) is 0 Å². The fourth-order valence-electron chi connectivity index (χ4n) is 1.64. The molecule has 2 rings (SSSR count). The van der Waals surface area contributed by atoms with Gasteiger partial charge in [0, 0.05) is 31.9 Å². The second kappa shape index (κ2) is 4.92. The Morgan fingerprint density at radius 1 is 1.24 bits per heavy atom. The van der Waals surface area contributed by atoms with Crippen molar-refractivity contribution in [1.29, 1.82) is 0 Å². The van der Waals surface area contributed by atoms with E-state index in [1.165, 1.54) is 5.56 Å². The number of anilines is 1.